The Bertz CT molecular complexity index is 411. The SMILES string of the molecule is Clc1cc2c(s1)SN=C(NC1CCC1)N2. The average molecular weight is 260 g/mol. The Balaban J connectivity index is 1.70. The highest BCUT2D eigenvalue weighted by Crippen LogP contribution is 2.41. The third-order valence-corrected chi connectivity index (χ3v) is 4.78. The van der Waals surface area contributed by atoms with Gasteiger partial charge in [-0.3, -0.25) is 0 Å². The fourth-order valence-corrected chi connectivity index (χ4v) is 3.61. The van der Waals surface area contributed by atoms with E-state index in [1.54, 1.807) is 11.3 Å². The summed E-state index contributed by atoms with van der Waals surface area (Å²) in [7, 11) is 0. The summed E-state index contributed by atoms with van der Waals surface area (Å²) < 4.78 is 6.31. The molecule has 0 bridgehead atoms. The second-order valence-corrected chi connectivity index (χ2v) is 6.40. The van der Waals surface area contributed by atoms with Gasteiger partial charge in [-0.25, -0.2) is 0 Å². The zero-order chi connectivity index (χ0) is 10.3. The number of halogens is 1. The van der Waals surface area contributed by atoms with Crippen molar-refractivity contribution in [3.05, 3.63) is 10.4 Å². The van der Waals surface area contributed by atoms with Crippen molar-refractivity contribution in [1.82, 2.24) is 5.32 Å². The molecule has 1 aliphatic carbocycles. The third kappa shape index (κ3) is 1.96. The molecule has 2 heterocycles. The van der Waals surface area contributed by atoms with Gasteiger partial charge in [0.05, 0.1) is 10.0 Å². The molecule has 80 valence electrons. The average Bonchev–Trinajstić information content (AvgIpc) is 2.50. The van der Waals surface area contributed by atoms with Crippen molar-refractivity contribution in [3.63, 3.8) is 0 Å². The molecule has 2 aliphatic rings. The summed E-state index contributed by atoms with van der Waals surface area (Å²) in [6.45, 7) is 0. The first-order valence-electron chi connectivity index (χ1n) is 4.89. The van der Waals surface area contributed by atoms with Gasteiger partial charge in [0.1, 0.15) is 4.21 Å². The monoisotopic (exact) mass is 259 g/mol. The number of fused-ring (bicyclic) bond motifs is 1. The molecule has 0 unspecified atom stereocenters. The van der Waals surface area contributed by atoms with Gasteiger partial charge in [-0.15, -0.1) is 11.3 Å². The van der Waals surface area contributed by atoms with E-state index in [1.807, 2.05) is 6.07 Å². The van der Waals surface area contributed by atoms with Gasteiger partial charge >= 0.3 is 0 Å². The normalized spacial score (nSPS) is 19.9. The predicted molar refractivity (Wildman–Crippen MR) is 67.0 cm³/mol. The van der Waals surface area contributed by atoms with Crippen LogP contribution in [0, 0.1) is 0 Å². The minimum atomic E-state index is 0.604. The van der Waals surface area contributed by atoms with E-state index in [0.29, 0.717) is 6.04 Å². The van der Waals surface area contributed by atoms with Gasteiger partial charge in [0, 0.05) is 18.0 Å². The Morgan fingerprint density at radius 3 is 3.13 bits per heavy atom. The van der Waals surface area contributed by atoms with E-state index in [2.05, 4.69) is 15.0 Å². The molecule has 15 heavy (non-hydrogen) atoms. The van der Waals surface area contributed by atoms with Gasteiger partial charge in [0.2, 0.25) is 5.96 Å². The van der Waals surface area contributed by atoms with Crippen LogP contribution in [0.25, 0.3) is 0 Å². The summed E-state index contributed by atoms with van der Waals surface area (Å²) in [5.74, 6) is 0.867. The zero-order valence-corrected chi connectivity index (χ0v) is 10.3. The number of hydrogen-bond acceptors (Lipinski definition) is 5. The topological polar surface area (TPSA) is 36.4 Å². The van der Waals surface area contributed by atoms with E-state index in [1.165, 1.54) is 31.2 Å². The molecule has 1 saturated carbocycles. The highest BCUT2D eigenvalue weighted by molar-refractivity contribution is 8.00. The molecule has 1 fully saturated rings. The summed E-state index contributed by atoms with van der Waals surface area (Å²) in [5.41, 5.74) is 1.08. The molecule has 0 spiro atoms. The van der Waals surface area contributed by atoms with Crippen LogP contribution in [0.3, 0.4) is 0 Å². The summed E-state index contributed by atoms with van der Waals surface area (Å²) in [5, 5.41) is 6.65. The van der Waals surface area contributed by atoms with Crippen LogP contribution in [0.4, 0.5) is 5.69 Å². The quantitative estimate of drug-likeness (QED) is 0.760. The minimum Gasteiger partial charge on any atom is -0.353 e. The summed E-state index contributed by atoms with van der Waals surface area (Å²) in [6, 6.07) is 2.55. The Labute approximate surface area is 101 Å². The Morgan fingerprint density at radius 1 is 1.53 bits per heavy atom. The molecule has 0 saturated heterocycles. The molecule has 0 amide bonds. The zero-order valence-electron chi connectivity index (χ0n) is 7.92. The molecule has 3 rings (SSSR count). The number of rotatable bonds is 1. The second kappa shape index (κ2) is 3.88. The number of thiophene rings is 1. The molecule has 0 atom stereocenters. The first-order chi connectivity index (χ1) is 7.31. The van der Waals surface area contributed by atoms with Gasteiger partial charge in [0.25, 0.3) is 0 Å². The fourth-order valence-electron chi connectivity index (χ4n) is 1.55. The molecule has 1 aromatic rings. The van der Waals surface area contributed by atoms with Gasteiger partial charge in [-0.05, 0) is 25.3 Å². The van der Waals surface area contributed by atoms with Crippen LogP contribution in [-0.4, -0.2) is 12.0 Å². The first-order valence-corrected chi connectivity index (χ1v) is 6.86. The number of nitrogens with one attached hydrogen (secondary N) is 2. The number of hydrogen-bond donors (Lipinski definition) is 2. The molecular weight excluding hydrogens is 250 g/mol. The Kier molecular flexibility index (Phi) is 2.54. The lowest BCUT2D eigenvalue weighted by Gasteiger charge is -2.28. The lowest BCUT2D eigenvalue weighted by Crippen LogP contribution is -2.43. The van der Waals surface area contributed by atoms with Gasteiger partial charge in [0.15, 0.2) is 0 Å². The maximum absolute atomic E-state index is 5.94. The molecule has 0 aromatic carbocycles. The lowest BCUT2D eigenvalue weighted by molar-refractivity contribution is 0.383. The van der Waals surface area contributed by atoms with Gasteiger partial charge in [-0.1, -0.05) is 11.6 Å². The van der Waals surface area contributed by atoms with Crippen molar-refractivity contribution < 1.29 is 0 Å². The highest BCUT2D eigenvalue weighted by atomic mass is 35.5. The van der Waals surface area contributed by atoms with Crippen molar-refractivity contribution in [3.8, 4) is 0 Å². The van der Waals surface area contributed by atoms with Crippen LogP contribution in [0.5, 0.6) is 0 Å². The highest BCUT2D eigenvalue weighted by Gasteiger charge is 2.21. The number of anilines is 1. The number of guanidine groups is 1. The third-order valence-electron chi connectivity index (χ3n) is 2.59. The van der Waals surface area contributed by atoms with Crippen LogP contribution in [-0.2, 0) is 0 Å². The van der Waals surface area contributed by atoms with Crippen LogP contribution < -0.4 is 10.6 Å². The van der Waals surface area contributed by atoms with Crippen LogP contribution in [0.1, 0.15) is 19.3 Å². The number of nitrogens with zero attached hydrogens (tertiary/aromatic N) is 1. The van der Waals surface area contributed by atoms with Crippen molar-refractivity contribution >= 4 is 46.5 Å². The molecule has 1 aromatic heterocycles. The predicted octanol–water partition coefficient (Wildman–Crippen LogP) is 3.33. The standard InChI is InChI=1S/C9H10ClN3S2/c10-7-4-6-8(14-7)15-13-9(12-6)11-5-2-1-3-5/h4-5H,1-3H2,(H2,11,12,13). The van der Waals surface area contributed by atoms with Crippen molar-refractivity contribution in [2.75, 3.05) is 5.32 Å². The molecular formula is C9H10ClN3S2. The summed E-state index contributed by atoms with van der Waals surface area (Å²) >= 11 is 8.99. The lowest BCUT2D eigenvalue weighted by atomic mass is 9.93. The Morgan fingerprint density at radius 2 is 2.40 bits per heavy atom. The van der Waals surface area contributed by atoms with Crippen molar-refractivity contribution in [2.45, 2.75) is 29.5 Å². The Hall–Kier alpha value is -0.390. The molecule has 2 N–H and O–H groups in total. The fraction of sp³-hybridized carbons (Fsp3) is 0.444. The van der Waals surface area contributed by atoms with Gasteiger partial charge < -0.3 is 10.6 Å². The molecule has 0 radical (unpaired) electrons. The van der Waals surface area contributed by atoms with E-state index < -0.39 is 0 Å². The van der Waals surface area contributed by atoms with E-state index in [0.717, 1.165) is 20.2 Å². The van der Waals surface area contributed by atoms with E-state index in [4.69, 9.17) is 11.6 Å². The molecule has 3 nitrogen and oxygen atoms in total. The summed E-state index contributed by atoms with van der Waals surface area (Å²) in [6.07, 6.45) is 3.83. The molecule has 1 aliphatic heterocycles. The van der Waals surface area contributed by atoms with Crippen molar-refractivity contribution in [1.29, 1.82) is 0 Å². The largest absolute Gasteiger partial charge is 0.353 e. The van der Waals surface area contributed by atoms with E-state index in [9.17, 15) is 0 Å². The van der Waals surface area contributed by atoms with Crippen LogP contribution in [0.15, 0.2) is 14.7 Å². The maximum atomic E-state index is 5.94. The van der Waals surface area contributed by atoms with E-state index in [-0.39, 0.29) is 0 Å². The smallest absolute Gasteiger partial charge is 0.208 e. The minimum absolute atomic E-state index is 0.604. The van der Waals surface area contributed by atoms with Gasteiger partial charge in [-0.2, -0.15) is 4.40 Å². The maximum Gasteiger partial charge on any atom is 0.208 e. The second-order valence-electron chi connectivity index (χ2n) is 3.68. The van der Waals surface area contributed by atoms with E-state index >= 15 is 0 Å². The summed E-state index contributed by atoms with van der Waals surface area (Å²) in [4.78, 5) is 0. The molecule has 6 heteroatoms. The first kappa shape index (κ1) is 9.81. The van der Waals surface area contributed by atoms with Crippen LogP contribution >= 0.6 is 34.9 Å². The van der Waals surface area contributed by atoms with Crippen molar-refractivity contribution in [2.24, 2.45) is 4.40 Å². The van der Waals surface area contributed by atoms with Crippen LogP contribution in [0.2, 0.25) is 4.34 Å².